The average molecular weight is 487 g/mol. The highest BCUT2D eigenvalue weighted by molar-refractivity contribution is 5.70. The summed E-state index contributed by atoms with van der Waals surface area (Å²) in [4.78, 5) is 18.1. The number of carboxylic acids is 1. The number of aliphatic carboxylic acids is 1. The maximum Gasteiger partial charge on any atom is 0.306 e. The lowest BCUT2D eigenvalue weighted by atomic mass is 9.91. The Bertz CT molecular complexity index is 1240. The molecule has 36 heavy (non-hydrogen) atoms. The standard InChI is InChI=1S/C30H34N2O4/c1-20(30(33)34)15-21-5-6-22-8-10-27(36-28(22)16-21)24-7-9-26(23-11-12-31-29(18-23)35-2)25(17-24)19-32-13-3-4-14-32/h5-7,9,11-12,16-18,20,27H,3-4,8,10,13-15,19H2,1-2H3,(H,33,34)/t20-,27-/m0/s1. The molecule has 0 saturated carbocycles. The van der Waals surface area contributed by atoms with E-state index in [0.717, 1.165) is 49.4 Å². The van der Waals surface area contributed by atoms with E-state index in [9.17, 15) is 9.90 Å². The largest absolute Gasteiger partial charge is 0.485 e. The van der Waals surface area contributed by atoms with Gasteiger partial charge in [-0.1, -0.05) is 37.3 Å². The number of carbonyl (C=O) groups is 1. The second-order valence-electron chi connectivity index (χ2n) is 10.0. The summed E-state index contributed by atoms with van der Waals surface area (Å²) < 4.78 is 11.9. The maximum atomic E-state index is 11.3. The van der Waals surface area contributed by atoms with Crippen LogP contribution in [0, 0.1) is 5.92 Å². The smallest absolute Gasteiger partial charge is 0.306 e. The predicted molar refractivity (Wildman–Crippen MR) is 139 cm³/mol. The molecule has 6 heteroatoms. The van der Waals surface area contributed by atoms with E-state index in [1.807, 2.05) is 24.3 Å². The fraction of sp³-hybridized carbons (Fsp3) is 0.400. The van der Waals surface area contributed by atoms with Gasteiger partial charge in [-0.3, -0.25) is 9.69 Å². The van der Waals surface area contributed by atoms with Crippen molar-refractivity contribution in [3.05, 3.63) is 77.0 Å². The van der Waals surface area contributed by atoms with E-state index >= 15 is 0 Å². The van der Waals surface area contributed by atoms with Gasteiger partial charge in [0.05, 0.1) is 13.0 Å². The topological polar surface area (TPSA) is 71.9 Å². The molecule has 1 saturated heterocycles. The minimum Gasteiger partial charge on any atom is -0.485 e. The van der Waals surface area contributed by atoms with E-state index in [1.54, 1.807) is 20.2 Å². The van der Waals surface area contributed by atoms with E-state index < -0.39 is 11.9 Å². The van der Waals surface area contributed by atoms with Gasteiger partial charge in [-0.15, -0.1) is 0 Å². The number of likely N-dealkylation sites (tertiary alicyclic amines) is 1. The van der Waals surface area contributed by atoms with Gasteiger partial charge in [0.25, 0.3) is 0 Å². The number of nitrogens with zero attached hydrogens (tertiary/aromatic N) is 2. The van der Waals surface area contributed by atoms with E-state index in [-0.39, 0.29) is 6.10 Å². The van der Waals surface area contributed by atoms with Gasteiger partial charge in [0.15, 0.2) is 0 Å². The molecule has 0 bridgehead atoms. The summed E-state index contributed by atoms with van der Waals surface area (Å²) in [6.45, 7) is 4.92. The van der Waals surface area contributed by atoms with Crippen LogP contribution in [0.4, 0.5) is 0 Å². The number of pyridine rings is 1. The molecule has 2 aliphatic rings. The summed E-state index contributed by atoms with van der Waals surface area (Å²) in [6, 6.07) is 16.9. The first-order valence-electron chi connectivity index (χ1n) is 12.9. The number of ether oxygens (including phenoxy) is 2. The second kappa shape index (κ2) is 10.7. The Hall–Kier alpha value is -3.38. The quantitative estimate of drug-likeness (QED) is 0.442. The van der Waals surface area contributed by atoms with Crippen molar-refractivity contribution < 1.29 is 19.4 Å². The molecule has 5 rings (SSSR count). The van der Waals surface area contributed by atoms with Crippen LogP contribution in [0.25, 0.3) is 11.1 Å². The fourth-order valence-corrected chi connectivity index (χ4v) is 5.31. The zero-order valence-corrected chi connectivity index (χ0v) is 21.1. The summed E-state index contributed by atoms with van der Waals surface area (Å²) in [7, 11) is 1.65. The molecule has 2 aliphatic heterocycles. The normalized spacial score (nSPS) is 18.3. The molecule has 188 valence electrons. The zero-order valence-electron chi connectivity index (χ0n) is 21.1. The molecule has 0 aliphatic carbocycles. The molecule has 3 aromatic rings. The molecule has 1 N–H and O–H groups in total. The lowest BCUT2D eigenvalue weighted by Gasteiger charge is -2.28. The molecule has 1 aromatic heterocycles. The van der Waals surface area contributed by atoms with E-state index in [0.29, 0.717) is 12.3 Å². The minimum atomic E-state index is -0.774. The first kappa shape index (κ1) is 24.3. The molecular weight excluding hydrogens is 452 g/mol. The van der Waals surface area contributed by atoms with Crippen molar-refractivity contribution >= 4 is 5.97 Å². The lowest BCUT2D eigenvalue weighted by molar-refractivity contribution is -0.141. The summed E-state index contributed by atoms with van der Waals surface area (Å²) >= 11 is 0. The van der Waals surface area contributed by atoms with Crippen molar-refractivity contribution in [1.82, 2.24) is 9.88 Å². The first-order valence-corrected chi connectivity index (χ1v) is 12.9. The van der Waals surface area contributed by atoms with Gasteiger partial charge < -0.3 is 14.6 Å². The van der Waals surface area contributed by atoms with E-state index in [4.69, 9.17) is 9.47 Å². The number of hydrogen-bond donors (Lipinski definition) is 1. The summed E-state index contributed by atoms with van der Waals surface area (Å²) in [6.07, 6.45) is 6.64. The Morgan fingerprint density at radius 2 is 2.00 bits per heavy atom. The average Bonchev–Trinajstić information content (AvgIpc) is 3.41. The Labute approximate surface area is 212 Å². The van der Waals surface area contributed by atoms with Crippen molar-refractivity contribution in [3.63, 3.8) is 0 Å². The first-order chi connectivity index (χ1) is 17.5. The number of methoxy groups -OCH3 is 1. The minimum absolute atomic E-state index is 0.0250. The van der Waals surface area contributed by atoms with Gasteiger partial charge in [0.2, 0.25) is 5.88 Å². The van der Waals surface area contributed by atoms with Crippen LogP contribution in [0.3, 0.4) is 0 Å². The van der Waals surface area contributed by atoms with Crippen LogP contribution in [0.15, 0.2) is 54.7 Å². The predicted octanol–water partition coefficient (Wildman–Crippen LogP) is 5.68. The van der Waals surface area contributed by atoms with Gasteiger partial charge in [0.1, 0.15) is 11.9 Å². The van der Waals surface area contributed by atoms with Gasteiger partial charge >= 0.3 is 5.97 Å². The fourth-order valence-electron chi connectivity index (χ4n) is 5.31. The second-order valence-corrected chi connectivity index (χ2v) is 10.0. The molecule has 2 aromatic carbocycles. The van der Waals surface area contributed by atoms with E-state index in [2.05, 4.69) is 34.1 Å². The molecule has 6 nitrogen and oxygen atoms in total. The highest BCUT2D eigenvalue weighted by Crippen LogP contribution is 2.38. The van der Waals surface area contributed by atoms with Crippen molar-refractivity contribution in [3.8, 4) is 22.8 Å². The third-order valence-electron chi connectivity index (χ3n) is 7.39. The van der Waals surface area contributed by atoms with Crippen LogP contribution < -0.4 is 9.47 Å². The van der Waals surface area contributed by atoms with Gasteiger partial charge in [-0.25, -0.2) is 4.98 Å². The molecule has 0 radical (unpaired) electrons. The van der Waals surface area contributed by atoms with Crippen LogP contribution in [-0.2, 0) is 24.2 Å². The van der Waals surface area contributed by atoms with Gasteiger partial charge in [-0.2, -0.15) is 0 Å². The molecule has 2 atom stereocenters. The molecular formula is C30H34N2O4. The number of fused-ring (bicyclic) bond motifs is 1. The van der Waals surface area contributed by atoms with Crippen molar-refractivity contribution in [2.45, 2.75) is 51.7 Å². The number of carboxylic acid groups (broad SMARTS) is 1. The van der Waals surface area contributed by atoms with Crippen molar-refractivity contribution in [2.24, 2.45) is 5.92 Å². The van der Waals surface area contributed by atoms with Crippen LogP contribution in [0.5, 0.6) is 11.6 Å². The van der Waals surface area contributed by atoms with Crippen LogP contribution in [0.2, 0.25) is 0 Å². The van der Waals surface area contributed by atoms with Gasteiger partial charge in [-0.05, 0) is 90.7 Å². The summed E-state index contributed by atoms with van der Waals surface area (Å²) in [5, 5.41) is 9.29. The highest BCUT2D eigenvalue weighted by atomic mass is 16.5. The van der Waals surface area contributed by atoms with Crippen LogP contribution >= 0.6 is 0 Å². The Kier molecular flexibility index (Phi) is 7.23. The molecule has 3 heterocycles. The summed E-state index contributed by atoms with van der Waals surface area (Å²) in [5.74, 6) is 0.299. The summed E-state index contributed by atoms with van der Waals surface area (Å²) in [5.41, 5.74) is 6.98. The molecule has 1 fully saturated rings. The van der Waals surface area contributed by atoms with Crippen LogP contribution in [0.1, 0.15) is 54.5 Å². The lowest BCUT2D eigenvalue weighted by Crippen LogP contribution is -2.20. The number of hydrogen-bond acceptors (Lipinski definition) is 5. The third-order valence-corrected chi connectivity index (χ3v) is 7.39. The highest BCUT2D eigenvalue weighted by Gasteiger charge is 2.24. The maximum absolute atomic E-state index is 11.3. The Morgan fingerprint density at radius 1 is 1.17 bits per heavy atom. The third kappa shape index (κ3) is 5.39. The number of aromatic nitrogens is 1. The Morgan fingerprint density at radius 3 is 2.78 bits per heavy atom. The van der Waals surface area contributed by atoms with Crippen molar-refractivity contribution in [1.29, 1.82) is 0 Å². The SMILES string of the molecule is COc1cc(-c2ccc([C@@H]3CCc4ccc(C[C@H](C)C(=O)O)cc4O3)cc2CN2CCCC2)ccn1. The zero-order chi connectivity index (χ0) is 25.1. The number of rotatable bonds is 8. The molecule has 0 amide bonds. The molecule has 0 spiro atoms. The monoisotopic (exact) mass is 486 g/mol. The van der Waals surface area contributed by atoms with E-state index in [1.165, 1.54) is 35.1 Å². The molecule has 0 unspecified atom stereocenters. The Balaban J connectivity index is 1.43. The number of benzene rings is 2. The number of aryl methyl sites for hydroxylation is 1. The van der Waals surface area contributed by atoms with Crippen LogP contribution in [-0.4, -0.2) is 41.2 Å². The van der Waals surface area contributed by atoms with Crippen molar-refractivity contribution in [2.75, 3.05) is 20.2 Å². The van der Waals surface area contributed by atoms with Gasteiger partial charge in [0, 0.05) is 18.8 Å².